The van der Waals surface area contributed by atoms with E-state index in [2.05, 4.69) is 29.4 Å². The first-order chi connectivity index (χ1) is 9.69. The van der Waals surface area contributed by atoms with Gasteiger partial charge >= 0.3 is 0 Å². The summed E-state index contributed by atoms with van der Waals surface area (Å²) in [4.78, 5) is 12.0. The highest BCUT2D eigenvalue weighted by atomic mass is 32.2. The highest BCUT2D eigenvalue weighted by molar-refractivity contribution is 8.03. The Labute approximate surface area is 132 Å². The fourth-order valence-corrected chi connectivity index (χ4v) is 5.07. The third-order valence-corrected chi connectivity index (χ3v) is 6.51. The number of thioether (sulfide) groups is 2. The summed E-state index contributed by atoms with van der Waals surface area (Å²) in [5.74, 6) is 2.16. The third-order valence-electron chi connectivity index (χ3n) is 3.44. The van der Waals surface area contributed by atoms with Crippen molar-refractivity contribution in [2.24, 2.45) is 5.92 Å². The smallest absolute Gasteiger partial charge is 0.230 e. The lowest BCUT2D eigenvalue weighted by Gasteiger charge is -2.29. The maximum Gasteiger partial charge on any atom is 0.230 e. The van der Waals surface area contributed by atoms with Gasteiger partial charge in [0, 0.05) is 6.04 Å². The molecule has 4 nitrogen and oxygen atoms in total. The maximum absolute atomic E-state index is 12.0. The Hall–Kier alpha value is -0.270. The molecule has 1 amide bonds. The summed E-state index contributed by atoms with van der Waals surface area (Å²) < 4.78 is 1.86. The monoisotopic (exact) mass is 331 g/mol. The zero-order valence-corrected chi connectivity index (χ0v) is 14.4. The Morgan fingerprint density at radius 1 is 1.30 bits per heavy atom. The molecule has 1 aromatic rings. The summed E-state index contributed by atoms with van der Waals surface area (Å²) in [5.41, 5.74) is 0. The van der Waals surface area contributed by atoms with Crippen molar-refractivity contribution in [3.63, 3.8) is 0 Å². The predicted molar refractivity (Wildman–Crippen MR) is 86.6 cm³/mol. The second-order valence-electron chi connectivity index (χ2n) is 4.99. The van der Waals surface area contributed by atoms with Crippen LogP contribution in [0.15, 0.2) is 8.68 Å². The van der Waals surface area contributed by atoms with Gasteiger partial charge in [-0.1, -0.05) is 61.5 Å². The second-order valence-corrected chi connectivity index (χ2v) is 8.70. The van der Waals surface area contributed by atoms with Gasteiger partial charge in [-0.2, -0.15) is 0 Å². The van der Waals surface area contributed by atoms with Gasteiger partial charge in [0.1, 0.15) is 0 Å². The number of carbonyl (C=O) groups excluding carboxylic acids is 1. The van der Waals surface area contributed by atoms with E-state index in [9.17, 15) is 4.79 Å². The van der Waals surface area contributed by atoms with E-state index >= 15 is 0 Å². The lowest BCUT2D eigenvalue weighted by molar-refractivity contribution is -0.119. The van der Waals surface area contributed by atoms with E-state index in [1.807, 2.05) is 0 Å². The van der Waals surface area contributed by atoms with Crippen LogP contribution in [0.2, 0.25) is 0 Å². The molecule has 0 bridgehead atoms. The van der Waals surface area contributed by atoms with Gasteiger partial charge in [-0.05, 0) is 24.5 Å². The molecular formula is C13H21N3OS3. The molecule has 1 N–H and O–H groups in total. The number of carbonyl (C=O) groups is 1. The van der Waals surface area contributed by atoms with Gasteiger partial charge < -0.3 is 5.32 Å². The van der Waals surface area contributed by atoms with Crippen LogP contribution in [-0.4, -0.2) is 33.7 Å². The van der Waals surface area contributed by atoms with Crippen molar-refractivity contribution in [1.29, 1.82) is 0 Å². The summed E-state index contributed by atoms with van der Waals surface area (Å²) in [7, 11) is 0. The molecule has 0 unspecified atom stereocenters. The molecule has 0 spiro atoms. The number of nitrogens with zero attached hydrogens (tertiary/aromatic N) is 2. The highest BCUT2D eigenvalue weighted by Gasteiger charge is 2.22. The topological polar surface area (TPSA) is 54.9 Å². The van der Waals surface area contributed by atoms with E-state index in [0.29, 0.717) is 17.7 Å². The molecular weight excluding hydrogens is 310 g/mol. The van der Waals surface area contributed by atoms with Gasteiger partial charge in [0.2, 0.25) is 5.91 Å². The second kappa shape index (κ2) is 8.24. The molecule has 1 aliphatic carbocycles. The molecule has 2 atom stereocenters. The van der Waals surface area contributed by atoms with Gasteiger partial charge in [0.25, 0.3) is 0 Å². The van der Waals surface area contributed by atoms with E-state index < -0.39 is 0 Å². The zero-order chi connectivity index (χ0) is 14.4. The Morgan fingerprint density at radius 3 is 2.70 bits per heavy atom. The standard InChI is InChI=1S/C13H21N3OS3/c1-3-18-12-15-16-13(20-12)19-8-11(17)14-10-7-5-4-6-9(10)2/h9-10H,3-8H2,1-2H3,(H,14,17)/t9-,10-/m1/s1. The van der Waals surface area contributed by atoms with Crippen LogP contribution in [0.3, 0.4) is 0 Å². The van der Waals surface area contributed by atoms with Gasteiger partial charge in [0.05, 0.1) is 5.75 Å². The summed E-state index contributed by atoms with van der Waals surface area (Å²) >= 11 is 4.74. The Kier molecular flexibility index (Phi) is 6.64. The molecule has 1 aromatic heterocycles. The molecule has 0 radical (unpaired) electrons. The SMILES string of the molecule is CCSc1nnc(SCC(=O)N[C@@H]2CCCC[C@H]2C)s1. The van der Waals surface area contributed by atoms with Crippen molar-refractivity contribution in [3.8, 4) is 0 Å². The fourth-order valence-electron chi connectivity index (χ4n) is 2.34. The number of aromatic nitrogens is 2. The van der Waals surface area contributed by atoms with Crippen molar-refractivity contribution in [2.45, 2.75) is 54.3 Å². The normalized spacial score (nSPS) is 22.7. The van der Waals surface area contributed by atoms with Crippen LogP contribution in [0.25, 0.3) is 0 Å². The van der Waals surface area contributed by atoms with E-state index in [1.54, 1.807) is 23.1 Å². The minimum Gasteiger partial charge on any atom is -0.352 e. The Bertz CT molecular complexity index is 438. The minimum absolute atomic E-state index is 0.119. The van der Waals surface area contributed by atoms with Gasteiger partial charge in [-0.3, -0.25) is 4.79 Å². The summed E-state index contributed by atoms with van der Waals surface area (Å²) in [6, 6.07) is 0.359. The average molecular weight is 332 g/mol. The third kappa shape index (κ3) is 4.93. The highest BCUT2D eigenvalue weighted by Crippen LogP contribution is 2.28. The van der Waals surface area contributed by atoms with Crippen LogP contribution in [0, 0.1) is 5.92 Å². The first kappa shape index (κ1) is 16.1. The van der Waals surface area contributed by atoms with E-state index in [4.69, 9.17) is 0 Å². The van der Waals surface area contributed by atoms with Crippen molar-refractivity contribution in [3.05, 3.63) is 0 Å². The molecule has 1 heterocycles. The summed E-state index contributed by atoms with van der Waals surface area (Å²) in [6.07, 6.45) is 4.88. The predicted octanol–water partition coefficient (Wildman–Crippen LogP) is 3.44. The van der Waals surface area contributed by atoms with Crippen molar-refractivity contribution < 1.29 is 4.79 Å². The number of hydrogen-bond donors (Lipinski definition) is 1. The first-order valence-corrected chi connectivity index (χ1v) is 9.86. The number of rotatable bonds is 6. The molecule has 20 heavy (non-hydrogen) atoms. The molecule has 1 aliphatic rings. The zero-order valence-electron chi connectivity index (χ0n) is 11.9. The van der Waals surface area contributed by atoms with Crippen LogP contribution >= 0.6 is 34.9 Å². The molecule has 112 valence electrons. The number of nitrogens with one attached hydrogen (secondary N) is 1. The summed E-state index contributed by atoms with van der Waals surface area (Å²) in [5, 5.41) is 11.4. The van der Waals surface area contributed by atoms with Crippen molar-refractivity contribution in [2.75, 3.05) is 11.5 Å². The molecule has 2 rings (SSSR count). The van der Waals surface area contributed by atoms with Gasteiger partial charge in [0.15, 0.2) is 8.68 Å². The molecule has 7 heteroatoms. The Morgan fingerprint density at radius 2 is 2.00 bits per heavy atom. The van der Waals surface area contributed by atoms with Crippen LogP contribution in [-0.2, 0) is 4.79 Å². The molecule has 0 aromatic carbocycles. The molecule has 0 aliphatic heterocycles. The minimum atomic E-state index is 0.119. The van der Waals surface area contributed by atoms with Gasteiger partial charge in [-0.25, -0.2) is 0 Å². The van der Waals surface area contributed by atoms with Crippen LogP contribution in [0.5, 0.6) is 0 Å². The van der Waals surface area contributed by atoms with E-state index in [-0.39, 0.29) is 5.91 Å². The maximum atomic E-state index is 12.0. The fraction of sp³-hybridized carbons (Fsp3) is 0.769. The van der Waals surface area contributed by atoms with Crippen LogP contribution < -0.4 is 5.32 Å². The van der Waals surface area contributed by atoms with E-state index in [1.165, 1.54) is 31.0 Å². The first-order valence-electron chi connectivity index (χ1n) is 7.07. The van der Waals surface area contributed by atoms with E-state index in [0.717, 1.165) is 20.9 Å². The summed E-state index contributed by atoms with van der Waals surface area (Å²) in [6.45, 7) is 4.33. The lowest BCUT2D eigenvalue weighted by atomic mass is 9.86. The Balaban J connectivity index is 1.73. The van der Waals surface area contributed by atoms with Gasteiger partial charge in [-0.15, -0.1) is 10.2 Å². The lowest BCUT2D eigenvalue weighted by Crippen LogP contribution is -2.41. The largest absolute Gasteiger partial charge is 0.352 e. The van der Waals surface area contributed by atoms with Crippen LogP contribution in [0.4, 0.5) is 0 Å². The van der Waals surface area contributed by atoms with Crippen molar-refractivity contribution in [1.82, 2.24) is 15.5 Å². The molecule has 1 saturated carbocycles. The van der Waals surface area contributed by atoms with Crippen LogP contribution in [0.1, 0.15) is 39.5 Å². The quantitative estimate of drug-likeness (QED) is 0.809. The molecule has 1 fully saturated rings. The molecule has 0 saturated heterocycles. The number of hydrogen-bond acceptors (Lipinski definition) is 6. The van der Waals surface area contributed by atoms with Crippen molar-refractivity contribution >= 4 is 40.8 Å². The number of amides is 1. The average Bonchev–Trinajstić information content (AvgIpc) is 2.87.